The van der Waals surface area contributed by atoms with E-state index in [-0.39, 0.29) is 5.82 Å². The number of rotatable bonds is 3. The minimum Gasteiger partial charge on any atom is -0.314 e. The molecule has 0 amide bonds. The van der Waals surface area contributed by atoms with Crippen molar-refractivity contribution in [2.45, 2.75) is 13.5 Å². The van der Waals surface area contributed by atoms with Crippen molar-refractivity contribution in [2.24, 2.45) is 0 Å². The highest BCUT2D eigenvalue weighted by molar-refractivity contribution is 5.68. The summed E-state index contributed by atoms with van der Waals surface area (Å²) in [5.74, 6) is -0.228. The molecule has 1 heterocycles. The van der Waals surface area contributed by atoms with Gasteiger partial charge in [0.2, 0.25) is 0 Å². The summed E-state index contributed by atoms with van der Waals surface area (Å²) >= 11 is 0. The topological polar surface area (TPSA) is 40.7 Å². The molecule has 0 bridgehead atoms. The lowest BCUT2D eigenvalue weighted by molar-refractivity contribution is 0.628. The number of aryl methyl sites for hydroxylation is 1. The van der Waals surface area contributed by atoms with Gasteiger partial charge >= 0.3 is 0 Å². The van der Waals surface area contributed by atoms with E-state index >= 15 is 0 Å². The van der Waals surface area contributed by atoms with Gasteiger partial charge in [-0.15, -0.1) is 0 Å². The zero-order chi connectivity index (χ0) is 11.5. The Bertz CT molecular complexity index is 491. The molecule has 0 aliphatic rings. The summed E-state index contributed by atoms with van der Waals surface area (Å²) in [7, 11) is 1.86. The molecule has 2 N–H and O–H groups in total. The van der Waals surface area contributed by atoms with E-state index in [4.69, 9.17) is 0 Å². The smallest absolute Gasteiger partial charge is 0.123 e. The monoisotopic (exact) mass is 219 g/mol. The Balaban J connectivity index is 2.50. The lowest BCUT2D eigenvalue weighted by Gasteiger charge is -2.03. The molecule has 1 aromatic heterocycles. The van der Waals surface area contributed by atoms with Crippen molar-refractivity contribution in [1.82, 2.24) is 15.5 Å². The molecule has 0 spiro atoms. The summed E-state index contributed by atoms with van der Waals surface area (Å²) in [6, 6.07) is 6.56. The highest BCUT2D eigenvalue weighted by Crippen LogP contribution is 2.26. The van der Waals surface area contributed by atoms with Gasteiger partial charge in [0.25, 0.3) is 0 Å². The Morgan fingerprint density at radius 2 is 2.25 bits per heavy atom. The molecule has 84 valence electrons. The van der Waals surface area contributed by atoms with E-state index in [2.05, 4.69) is 15.5 Å². The average molecular weight is 219 g/mol. The van der Waals surface area contributed by atoms with Crippen LogP contribution in [-0.2, 0) is 6.54 Å². The van der Waals surface area contributed by atoms with E-state index in [1.54, 1.807) is 6.07 Å². The van der Waals surface area contributed by atoms with Crippen LogP contribution in [0, 0.1) is 12.7 Å². The normalized spacial score (nSPS) is 10.7. The summed E-state index contributed by atoms with van der Waals surface area (Å²) in [5, 5.41) is 10.2. The summed E-state index contributed by atoms with van der Waals surface area (Å²) in [6.45, 7) is 2.60. The Morgan fingerprint density at radius 3 is 2.94 bits per heavy atom. The van der Waals surface area contributed by atoms with E-state index in [1.807, 2.05) is 20.0 Å². The molecule has 2 rings (SSSR count). The lowest BCUT2D eigenvalue weighted by Crippen LogP contribution is -2.06. The van der Waals surface area contributed by atoms with Crippen LogP contribution in [0.15, 0.2) is 24.3 Å². The largest absolute Gasteiger partial charge is 0.314 e. The zero-order valence-corrected chi connectivity index (χ0v) is 9.34. The van der Waals surface area contributed by atoms with Crippen LogP contribution in [0.25, 0.3) is 11.1 Å². The van der Waals surface area contributed by atoms with Crippen LogP contribution in [-0.4, -0.2) is 17.2 Å². The van der Waals surface area contributed by atoms with Crippen LogP contribution in [0.4, 0.5) is 4.39 Å². The van der Waals surface area contributed by atoms with Crippen molar-refractivity contribution < 1.29 is 4.39 Å². The third-order valence-electron chi connectivity index (χ3n) is 2.48. The first kappa shape index (κ1) is 10.8. The fourth-order valence-corrected chi connectivity index (χ4v) is 1.80. The van der Waals surface area contributed by atoms with Crippen LogP contribution in [0.2, 0.25) is 0 Å². The SMILES string of the molecule is CNCc1n[nH]c(C)c1-c1cccc(F)c1. The van der Waals surface area contributed by atoms with Crippen LogP contribution < -0.4 is 5.32 Å². The number of nitrogens with zero attached hydrogens (tertiary/aromatic N) is 1. The summed E-state index contributed by atoms with van der Waals surface area (Å²) in [4.78, 5) is 0. The Kier molecular flexibility index (Phi) is 3.01. The predicted octanol–water partition coefficient (Wildman–Crippen LogP) is 2.24. The van der Waals surface area contributed by atoms with Gasteiger partial charge in [0, 0.05) is 17.8 Å². The van der Waals surface area contributed by atoms with Crippen LogP contribution in [0.1, 0.15) is 11.4 Å². The number of aromatic nitrogens is 2. The molecule has 0 unspecified atom stereocenters. The van der Waals surface area contributed by atoms with E-state index in [1.165, 1.54) is 12.1 Å². The number of H-pyrrole nitrogens is 1. The molecule has 2 aromatic rings. The van der Waals surface area contributed by atoms with Gasteiger partial charge in [0.1, 0.15) is 5.82 Å². The molecule has 0 saturated heterocycles. The molecule has 4 heteroatoms. The van der Waals surface area contributed by atoms with Gasteiger partial charge in [-0.1, -0.05) is 12.1 Å². The van der Waals surface area contributed by atoms with Gasteiger partial charge < -0.3 is 5.32 Å². The van der Waals surface area contributed by atoms with E-state index < -0.39 is 0 Å². The second-order valence-electron chi connectivity index (χ2n) is 3.71. The van der Waals surface area contributed by atoms with E-state index in [9.17, 15) is 4.39 Å². The number of nitrogens with one attached hydrogen (secondary N) is 2. The van der Waals surface area contributed by atoms with Gasteiger partial charge in [0.05, 0.1) is 5.69 Å². The molecule has 0 aliphatic heterocycles. The number of hydrogen-bond donors (Lipinski definition) is 2. The van der Waals surface area contributed by atoms with Crippen molar-refractivity contribution in [3.05, 3.63) is 41.5 Å². The third-order valence-corrected chi connectivity index (χ3v) is 2.48. The number of halogens is 1. The first-order valence-corrected chi connectivity index (χ1v) is 5.16. The molecule has 0 saturated carbocycles. The minimum atomic E-state index is -0.228. The van der Waals surface area contributed by atoms with Crippen LogP contribution in [0.3, 0.4) is 0 Å². The highest BCUT2D eigenvalue weighted by Gasteiger charge is 2.11. The third kappa shape index (κ3) is 1.97. The number of benzene rings is 1. The lowest BCUT2D eigenvalue weighted by atomic mass is 10.0. The maximum Gasteiger partial charge on any atom is 0.123 e. The summed E-state index contributed by atoms with van der Waals surface area (Å²) in [5.41, 5.74) is 3.70. The first-order chi connectivity index (χ1) is 7.72. The van der Waals surface area contributed by atoms with Gasteiger partial charge in [-0.2, -0.15) is 5.10 Å². The van der Waals surface area contributed by atoms with Gasteiger partial charge in [0.15, 0.2) is 0 Å². The van der Waals surface area contributed by atoms with Crippen molar-refractivity contribution in [3.8, 4) is 11.1 Å². The molecule has 1 aromatic carbocycles. The van der Waals surface area contributed by atoms with Crippen molar-refractivity contribution in [1.29, 1.82) is 0 Å². The van der Waals surface area contributed by atoms with Gasteiger partial charge in [-0.25, -0.2) is 4.39 Å². The highest BCUT2D eigenvalue weighted by atomic mass is 19.1. The summed E-state index contributed by atoms with van der Waals surface area (Å²) in [6.07, 6.45) is 0. The predicted molar refractivity (Wildman–Crippen MR) is 61.5 cm³/mol. The molecule has 3 nitrogen and oxygen atoms in total. The average Bonchev–Trinajstić information content (AvgIpc) is 2.60. The first-order valence-electron chi connectivity index (χ1n) is 5.16. The Labute approximate surface area is 93.7 Å². The van der Waals surface area contributed by atoms with Gasteiger partial charge in [-0.05, 0) is 31.7 Å². The number of aromatic amines is 1. The quantitative estimate of drug-likeness (QED) is 0.831. The second-order valence-corrected chi connectivity index (χ2v) is 3.71. The maximum absolute atomic E-state index is 13.2. The molecule has 16 heavy (non-hydrogen) atoms. The number of hydrogen-bond acceptors (Lipinski definition) is 2. The minimum absolute atomic E-state index is 0.228. The maximum atomic E-state index is 13.2. The molecule has 0 atom stereocenters. The van der Waals surface area contributed by atoms with Crippen LogP contribution >= 0.6 is 0 Å². The molecular weight excluding hydrogens is 205 g/mol. The molecule has 0 radical (unpaired) electrons. The van der Waals surface area contributed by atoms with Crippen molar-refractivity contribution >= 4 is 0 Å². The second kappa shape index (κ2) is 4.45. The van der Waals surface area contributed by atoms with Crippen molar-refractivity contribution in [2.75, 3.05) is 7.05 Å². The van der Waals surface area contributed by atoms with Crippen molar-refractivity contribution in [3.63, 3.8) is 0 Å². The summed E-state index contributed by atoms with van der Waals surface area (Å²) < 4.78 is 13.2. The molecular formula is C12H14FN3. The fraction of sp³-hybridized carbons (Fsp3) is 0.250. The van der Waals surface area contributed by atoms with Gasteiger partial charge in [-0.3, -0.25) is 5.10 Å². The fourth-order valence-electron chi connectivity index (χ4n) is 1.80. The zero-order valence-electron chi connectivity index (χ0n) is 9.34. The van der Waals surface area contributed by atoms with E-state index in [0.717, 1.165) is 22.5 Å². The standard InChI is InChI=1S/C12H14FN3/c1-8-12(11(7-14-2)16-15-8)9-4-3-5-10(13)6-9/h3-6,14H,7H2,1-2H3,(H,15,16). The molecule has 0 aliphatic carbocycles. The van der Waals surface area contributed by atoms with Crippen LogP contribution in [0.5, 0.6) is 0 Å². The Morgan fingerprint density at radius 1 is 1.44 bits per heavy atom. The molecule has 0 fully saturated rings. The van der Waals surface area contributed by atoms with E-state index in [0.29, 0.717) is 6.54 Å². The Hall–Kier alpha value is -1.68.